The molecule has 134 valence electrons. The SMILES string of the molecule is CC(O)COc1cc(S(=O)(=O)c2ccccc2)ccc1C1CCNC1. The van der Waals surface area contributed by atoms with Crippen LogP contribution in [0.5, 0.6) is 5.75 Å². The van der Waals surface area contributed by atoms with E-state index in [1.165, 1.54) is 0 Å². The number of rotatable bonds is 6. The van der Waals surface area contributed by atoms with Crippen LogP contribution in [0.1, 0.15) is 24.8 Å². The van der Waals surface area contributed by atoms with Crippen molar-refractivity contribution < 1.29 is 18.3 Å². The average Bonchev–Trinajstić information content (AvgIpc) is 3.15. The van der Waals surface area contributed by atoms with Gasteiger partial charge in [0.25, 0.3) is 0 Å². The summed E-state index contributed by atoms with van der Waals surface area (Å²) in [5, 5.41) is 12.8. The van der Waals surface area contributed by atoms with E-state index in [1.807, 2.05) is 6.07 Å². The molecule has 2 aromatic carbocycles. The maximum atomic E-state index is 12.8. The second-order valence-electron chi connectivity index (χ2n) is 6.37. The summed E-state index contributed by atoms with van der Waals surface area (Å²) in [4.78, 5) is 0.459. The van der Waals surface area contributed by atoms with Crippen molar-refractivity contribution in [3.05, 3.63) is 54.1 Å². The lowest BCUT2D eigenvalue weighted by Crippen LogP contribution is -2.15. The van der Waals surface area contributed by atoms with Crippen LogP contribution in [0.25, 0.3) is 0 Å². The first kappa shape index (κ1) is 17.9. The Morgan fingerprint density at radius 1 is 1.20 bits per heavy atom. The fourth-order valence-electron chi connectivity index (χ4n) is 3.01. The molecule has 0 aromatic heterocycles. The summed E-state index contributed by atoms with van der Waals surface area (Å²) in [7, 11) is -3.60. The summed E-state index contributed by atoms with van der Waals surface area (Å²) < 4.78 is 31.4. The minimum Gasteiger partial charge on any atom is -0.491 e. The molecule has 5 nitrogen and oxygen atoms in total. The predicted molar refractivity (Wildman–Crippen MR) is 95.7 cm³/mol. The monoisotopic (exact) mass is 361 g/mol. The molecule has 1 fully saturated rings. The van der Waals surface area contributed by atoms with Crippen molar-refractivity contribution in [2.75, 3.05) is 19.7 Å². The minimum atomic E-state index is -3.60. The van der Waals surface area contributed by atoms with E-state index >= 15 is 0 Å². The third kappa shape index (κ3) is 4.03. The highest BCUT2D eigenvalue weighted by molar-refractivity contribution is 7.91. The van der Waals surface area contributed by atoms with E-state index in [4.69, 9.17) is 4.74 Å². The third-order valence-corrected chi connectivity index (χ3v) is 6.10. The first-order valence-corrected chi connectivity index (χ1v) is 9.92. The van der Waals surface area contributed by atoms with Crippen molar-refractivity contribution in [1.82, 2.24) is 5.32 Å². The first-order chi connectivity index (χ1) is 12.0. The fourth-order valence-corrected chi connectivity index (χ4v) is 4.31. The van der Waals surface area contributed by atoms with Crippen molar-refractivity contribution in [3.8, 4) is 5.75 Å². The Bertz CT molecular complexity index is 813. The van der Waals surface area contributed by atoms with Gasteiger partial charge in [0, 0.05) is 12.5 Å². The normalized spacial score (nSPS) is 18.9. The fraction of sp³-hybridized carbons (Fsp3) is 0.368. The molecule has 1 aliphatic heterocycles. The van der Waals surface area contributed by atoms with Gasteiger partial charge in [0.15, 0.2) is 0 Å². The molecular weight excluding hydrogens is 338 g/mol. The molecule has 1 heterocycles. The van der Waals surface area contributed by atoms with Crippen LogP contribution in [0.4, 0.5) is 0 Å². The largest absolute Gasteiger partial charge is 0.491 e. The second-order valence-corrected chi connectivity index (χ2v) is 8.32. The number of hydrogen-bond acceptors (Lipinski definition) is 5. The highest BCUT2D eigenvalue weighted by atomic mass is 32.2. The Morgan fingerprint density at radius 3 is 2.60 bits per heavy atom. The summed E-state index contributed by atoms with van der Waals surface area (Å²) in [6, 6.07) is 13.4. The summed E-state index contributed by atoms with van der Waals surface area (Å²) in [5.74, 6) is 0.823. The molecule has 2 aromatic rings. The van der Waals surface area contributed by atoms with Crippen LogP contribution in [-0.4, -0.2) is 39.3 Å². The summed E-state index contributed by atoms with van der Waals surface area (Å²) in [6.45, 7) is 3.55. The lowest BCUT2D eigenvalue weighted by atomic mass is 9.97. The Balaban J connectivity index is 1.99. The van der Waals surface area contributed by atoms with E-state index in [1.54, 1.807) is 49.4 Å². The van der Waals surface area contributed by atoms with Crippen LogP contribution in [0.3, 0.4) is 0 Å². The number of benzene rings is 2. The van der Waals surface area contributed by atoms with Crippen molar-refractivity contribution in [1.29, 1.82) is 0 Å². The van der Waals surface area contributed by atoms with Gasteiger partial charge >= 0.3 is 0 Å². The van der Waals surface area contributed by atoms with Gasteiger partial charge in [0.1, 0.15) is 12.4 Å². The van der Waals surface area contributed by atoms with E-state index in [0.29, 0.717) is 5.75 Å². The summed E-state index contributed by atoms with van der Waals surface area (Å²) in [6.07, 6.45) is 0.361. The lowest BCUT2D eigenvalue weighted by Gasteiger charge is -2.18. The quantitative estimate of drug-likeness (QED) is 0.826. The van der Waals surface area contributed by atoms with E-state index < -0.39 is 15.9 Å². The molecular formula is C19H23NO4S. The molecule has 2 N–H and O–H groups in total. The Morgan fingerprint density at radius 2 is 1.96 bits per heavy atom. The van der Waals surface area contributed by atoms with Gasteiger partial charge in [-0.2, -0.15) is 0 Å². The second kappa shape index (κ2) is 7.56. The molecule has 25 heavy (non-hydrogen) atoms. The zero-order chi connectivity index (χ0) is 17.9. The molecule has 6 heteroatoms. The van der Waals surface area contributed by atoms with Crippen molar-refractivity contribution in [2.45, 2.75) is 35.2 Å². The third-order valence-electron chi connectivity index (χ3n) is 4.33. The van der Waals surface area contributed by atoms with Crippen LogP contribution in [-0.2, 0) is 9.84 Å². The molecule has 1 saturated heterocycles. The first-order valence-electron chi connectivity index (χ1n) is 8.44. The van der Waals surface area contributed by atoms with Gasteiger partial charge < -0.3 is 15.2 Å². The molecule has 2 atom stereocenters. The topological polar surface area (TPSA) is 75.6 Å². The van der Waals surface area contributed by atoms with E-state index in [-0.39, 0.29) is 22.3 Å². The maximum absolute atomic E-state index is 12.8. The van der Waals surface area contributed by atoms with Crippen LogP contribution >= 0.6 is 0 Å². The Kier molecular flexibility index (Phi) is 5.42. The smallest absolute Gasteiger partial charge is 0.206 e. The van der Waals surface area contributed by atoms with Crippen molar-refractivity contribution >= 4 is 9.84 Å². The molecule has 3 rings (SSSR count). The highest BCUT2D eigenvalue weighted by Gasteiger charge is 2.24. The number of ether oxygens (including phenoxy) is 1. The van der Waals surface area contributed by atoms with E-state index in [9.17, 15) is 13.5 Å². The molecule has 0 radical (unpaired) electrons. The van der Waals surface area contributed by atoms with Gasteiger partial charge in [0.05, 0.1) is 15.9 Å². The molecule has 1 aliphatic rings. The average molecular weight is 361 g/mol. The molecule has 0 amide bonds. The van der Waals surface area contributed by atoms with Gasteiger partial charge in [-0.25, -0.2) is 8.42 Å². The van der Waals surface area contributed by atoms with Gasteiger partial charge in [-0.15, -0.1) is 0 Å². The van der Waals surface area contributed by atoms with Gasteiger partial charge in [-0.05, 0) is 49.7 Å². The van der Waals surface area contributed by atoms with E-state index in [2.05, 4.69) is 5.32 Å². The number of aliphatic hydroxyl groups is 1. The van der Waals surface area contributed by atoms with Crippen LogP contribution in [0.15, 0.2) is 58.3 Å². The highest BCUT2D eigenvalue weighted by Crippen LogP contribution is 2.34. The molecule has 2 unspecified atom stereocenters. The Labute approximate surface area is 148 Å². The van der Waals surface area contributed by atoms with Crippen LogP contribution in [0.2, 0.25) is 0 Å². The Hall–Kier alpha value is -1.89. The predicted octanol–water partition coefficient (Wildman–Crippen LogP) is 2.36. The maximum Gasteiger partial charge on any atom is 0.206 e. The minimum absolute atomic E-state index is 0.127. The van der Waals surface area contributed by atoms with Gasteiger partial charge in [-0.3, -0.25) is 0 Å². The molecule has 0 aliphatic carbocycles. The number of sulfone groups is 1. The zero-order valence-corrected chi connectivity index (χ0v) is 15.0. The molecule has 0 saturated carbocycles. The standard InChI is InChI=1S/C19H23NO4S/c1-14(21)13-24-19-11-17(7-8-18(19)15-9-10-20-12-15)25(22,23)16-5-3-2-4-6-16/h2-8,11,14-15,20-21H,9-10,12-13H2,1H3. The van der Waals surface area contributed by atoms with Crippen LogP contribution < -0.4 is 10.1 Å². The molecule has 0 spiro atoms. The number of hydrogen-bond donors (Lipinski definition) is 2. The van der Waals surface area contributed by atoms with E-state index in [0.717, 1.165) is 25.1 Å². The van der Waals surface area contributed by atoms with Crippen LogP contribution in [0, 0.1) is 0 Å². The lowest BCUT2D eigenvalue weighted by molar-refractivity contribution is 0.122. The summed E-state index contributed by atoms with van der Waals surface area (Å²) >= 11 is 0. The number of aliphatic hydroxyl groups excluding tert-OH is 1. The van der Waals surface area contributed by atoms with Gasteiger partial charge in [-0.1, -0.05) is 24.3 Å². The van der Waals surface area contributed by atoms with Gasteiger partial charge in [0.2, 0.25) is 9.84 Å². The summed E-state index contributed by atoms with van der Waals surface area (Å²) in [5.41, 5.74) is 0.984. The zero-order valence-electron chi connectivity index (χ0n) is 14.2. The van der Waals surface area contributed by atoms with Crippen molar-refractivity contribution in [2.24, 2.45) is 0 Å². The van der Waals surface area contributed by atoms with Crippen molar-refractivity contribution in [3.63, 3.8) is 0 Å². The number of nitrogens with one attached hydrogen (secondary N) is 1. The molecule has 0 bridgehead atoms.